The van der Waals surface area contributed by atoms with E-state index < -0.39 is 17.2 Å². The first-order chi connectivity index (χ1) is 4.90. The summed E-state index contributed by atoms with van der Waals surface area (Å²) in [7, 11) is 0. The van der Waals surface area contributed by atoms with Crippen molar-refractivity contribution in [1.29, 1.82) is 0 Å². The van der Waals surface area contributed by atoms with Crippen LogP contribution >= 0.6 is 0 Å². The van der Waals surface area contributed by atoms with Gasteiger partial charge in [0, 0.05) is 0 Å². The van der Waals surface area contributed by atoms with Crippen LogP contribution in [0.15, 0.2) is 0 Å². The smallest absolute Gasteiger partial charge is 0.339 e. The van der Waals surface area contributed by atoms with Crippen molar-refractivity contribution in [1.82, 2.24) is 0 Å². The molecule has 0 aromatic rings. The molecule has 0 aromatic carbocycles. The zero-order valence-electron chi connectivity index (χ0n) is 6.30. The van der Waals surface area contributed by atoms with E-state index in [9.17, 15) is 14.3 Å². The first-order valence-corrected chi connectivity index (χ1v) is 3.55. The molecule has 0 heterocycles. The third kappa shape index (κ3) is 1.01. The van der Waals surface area contributed by atoms with E-state index in [4.69, 9.17) is 5.11 Å². The lowest BCUT2D eigenvalue weighted by Gasteiger charge is -2.28. The number of hydrogen-bond donors (Lipinski definition) is 2. The Balaban J connectivity index is 2.93. The predicted octanol–water partition coefficient (Wildman–Crippen LogP) is 0.714. The number of carboxylic acids is 1. The van der Waals surface area contributed by atoms with Gasteiger partial charge in [-0.15, -0.1) is 0 Å². The maximum Gasteiger partial charge on any atom is 0.339 e. The van der Waals surface area contributed by atoms with Crippen molar-refractivity contribution >= 4 is 5.97 Å². The second-order valence-corrected chi connectivity index (χ2v) is 3.22. The zero-order valence-corrected chi connectivity index (χ0v) is 6.30. The lowest BCUT2D eigenvalue weighted by molar-refractivity contribution is -0.171. The fraction of sp³-hybridized carbons (Fsp3) is 0.857. The molecule has 4 heteroatoms. The summed E-state index contributed by atoms with van der Waals surface area (Å²) in [4.78, 5) is 10.4. The Morgan fingerprint density at radius 2 is 2.09 bits per heavy atom. The molecule has 3 nitrogen and oxygen atoms in total. The summed E-state index contributed by atoms with van der Waals surface area (Å²) in [5, 5.41) is 17.8. The van der Waals surface area contributed by atoms with Crippen molar-refractivity contribution in [2.24, 2.45) is 0 Å². The molecule has 64 valence electrons. The number of carbonyl (C=O) groups is 1. The molecule has 1 aliphatic rings. The Morgan fingerprint density at radius 3 is 2.27 bits per heavy atom. The highest BCUT2D eigenvalue weighted by molar-refractivity contribution is 5.79. The summed E-state index contributed by atoms with van der Waals surface area (Å²) in [6, 6.07) is 0. The van der Waals surface area contributed by atoms with E-state index in [0.717, 1.165) is 6.92 Å². The summed E-state index contributed by atoms with van der Waals surface area (Å²) in [6.45, 7) is 1.13. The van der Waals surface area contributed by atoms with E-state index >= 15 is 0 Å². The highest BCUT2D eigenvalue weighted by Gasteiger charge is 2.57. The lowest BCUT2D eigenvalue weighted by Crippen LogP contribution is -2.50. The Bertz CT molecular complexity index is 190. The summed E-state index contributed by atoms with van der Waals surface area (Å²) >= 11 is 0. The van der Waals surface area contributed by atoms with Crippen LogP contribution in [0.3, 0.4) is 0 Å². The van der Waals surface area contributed by atoms with Gasteiger partial charge in [-0.25, -0.2) is 9.18 Å². The lowest BCUT2D eigenvalue weighted by atomic mass is 9.90. The third-order valence-electron chi connectivity index (χ3n) is 2.40. The fourth-order valence-electron chi connectivity index (χ4n) is 1.47. The van der Waals surface area contributed by atoms with Crippen LogP contribution < -0.4 is 0 Å². The van der Waals surface area contributed by atoms with Gasteiger partial charge in [0.1, 0.15) is 5.67 Å². The molecule has 0 radical (unpaired) electrons. The third-order valence-corrected chi connectivity index (χ3v) is 2.40. The molecule has 2 N–H and O–H groups in total. The molecule has 0 aromatic heterocycles. The van der Waals surface area contributed by atoms with E-state index in [1.807, 2.05) is 0 Å². The molecule has 1 saturated carbocycles. The van der Waals surface area contributed by atoms with E-state index in [2.05, 4.69) is 0 Å². The van der Waals surface area contributed by atoms with Gasteiger partial charge in [0.15, 0.2) is 5.60 Å². The molecule has 0 amide bonds. The quantitative estimate of drug-likeness (QED) is 0.597. The number of alkyl halides is 1. The minimum absolute atomic E-state index is 0.00926. The maximum atomic E-state index is 13.3. The fourth-order valence-corrected chi connectivity index (χ4v) is 1.47. The summed E-state index contributed by atoms with van der Waals surface area (Å²) < 4.78 is 13.3. The van der Waals surface area contributed by atoms with Crippen molar-refractivity contribution in [2.45, 2.75) is 37.5 Å². The van der Waals surface area contributed by atoms with Crippen molar-refractivity contribution < 1.29 is 19.4 Å². The summed E-state index contributed by atoms with van der Waals surface area (Å²) in [6.07, 6.45) is 0.556. The standard InChI is InChI=1S/C7H11FO3/c1-6(8)3-2-4-7(6,11)5(9)10/h11H,2-4H2,1H3,(H,9,10)/t6-,7-/m1/s1. The van der Waals surface area contributed by atoms with Crippen molar-refractivity contribution in [3.8, 4) is 0 Å². The molecule has 0 bridgehead atoms. The SMILES string of the molecule is C[C@@]1(F)CCC[C@@]1(O)C(=O)O. The molecule has 0 saturated heterocycles. The van der Waals surface area contributed by atoms with Crippen LogP contribution in [0.1, 0.15) is 26.2 Å². The van der Waals surface area contributed by atoms with Gasteiger partial charge in [0.25, 0.3) is 0 Å². The van der Waals surface area contributed by atoms with Gasteiger partial charge in [-0.2, -0.15) is 0 Å². The molecule has 1 aliphatic carbocycles. The number of rotatable bonds is 1. The molecule has 0 unspecified atom stereocenters. The number of aliphatic carboxylic acids is 1. The first-order valence-electron chi connectivity index (χ1n) is 3.55. The van der Waals surface area contributed by atoms with Gasteiger partial charge < -0.3 is 10.2 Å². The average Bonchev–Trinajstić information content (AvgIpc) is 2.09. The Hall–Kier alpha value is -0.640. The molecule has 11 heavy (non-hydrogen) atoms. The zero-order chi connectivity index (χ0) is 8.70. The van der Waals surface area contributed by atoms with E-state index in [1.54, 1.807) is 0 Å². The largest absolute Gasteiger partial charge is 0.479 e. The molecule has 1 rings (SSSR count). The van der Waals surface area contributed by atoms with Gasteiger partial charge in [-0.3, -0.25) is 0 Å². The number of carboxylic acid groups (broad SMARTS) is 1. The Morgan fingerprint density at radius 1 is 1.55 bits per heavy atom. The highest BCUT2D eigenvalue weighted by Crippen LogP contribution is 2.42. The average molecular weight is 162 g/mol. The van der Waals surface area contributed by atoms with Gasteiger partial charge in [0.05, 0.1) is 0 Å². The summed E-state index contributed by atoms with van der Waals surface area (Å²) in [5.41, 5.74) is -4.13. The summed E-state index contributed by atoms with van der Waals surface area (Å²) in [5.74, 6) is -1.46. The van der Waals surface area contributed by atoms with Gasteiger partial charge in [-0.05, 0) is 26.2 Å². The second kappa shape index (κ2) is 2.17. The molecule has 2 atom stereocenters. The van der Waals surface area contributed by atoms with E-state index in [-0.39, 0.29) is 12.8 Å². The van der Waals surface area contributed by atoms with Crippen LogP contribution in [-0.4, -0.2) is 27.5 Å². The van der Waals surface area contributed by atoms with Crippen LogP contribution in [0, 0.1) is 0 Å². The van der Waals surface area contributed by atoms with Crippen LogP contribution in [-0.2, 0) is 4.79 Å². The molecular formula is C7H11FO3. The van der Waals surface area contributed by atoms with Crippen LogP contribution in [0.4, 0.5) is 4.39 Å². The van der Waals surface area contributed by atoms with Gasteiger partial charge >= 0.3 is 5.97 Å². The highest BCUT2D eigenvalue weighted by atomic mass is 19.1. The monoisotopic (exact) mass is 162 g/mol. The predicted molar refractivity (Wildman–Crippen MR) is 35.9 cm³/mol. The Kier molecular flexibility index (Phi) is 1.67. The number of hydrogen-bond acceptors (Lipinski definition) is 2. The van der Waals surface area contributed by atoms with E-state index in [1.165, 1.54) is 0 Å². The minimum Gasteiger partial charge on any atom is -0.479 e. The first kappa shape index (κ1) is 8.46. The minimum atomic E-state index is -2.16. The van der Waals surface area contributed by atoms with E-state index in [0.29, 0.717) is 6.42 Å². The van der Waals surface area contributed by atoms with Crippen molar-refractivity contribution in [3.05, 3.63) is 0 Å². The molecule has 1 fully saturated rings. The van der Waals surface area contributed by atoms with Crippen molar-refractivity contribution in [3.63, 3.8) is 0 Å². The molecule has 0 spiro atoms. The topological polar surface area (TPSA) is 57.5 Å². The molecular weight excluding hydrogens is 151 g/mol. The number of halogens is 1. The van der Waals surface area contributed by atoms with Gasteiger partial charge in [0.2, 0.25) is 0 Å². The second-order valence-electron chi connectivity index (χ2n) is 3.22. The van der Waals surface area contributed by atoms with Crippen molar-refractivity contribution in [2.75, 3.05) is 0 Å². The van der Waals surface area contributed by atoms with Crippen LogP contribution in [0.25, 0.3) is 0 Å². The van der Waals surface area contributed by atoms with Crippen LogP contribution in [0.2, 0.25) is 0 Å². The molecule has 0 aliphatic heterocycles. The normalized spacial score (nSPS) is 44.3. The van der Waals surface area contributed by atoms with Gasteiger partial charge in [-0.1, -0.05) is 0 Å². The Labute approximate surface area is 63.8 Å². The number of aliphatic hydroxyl groups is 1. The van der Waals surface area contributed by atoms with Crippen LogP contribution in [0.5, 0.6) is 0 Å². The maximum absolute atomic E-state index is 13.3.